The number of carbonyl (C=O) groups is 2. The average Bonchev–Trinajstić information content (AvgIpc) is 3.49. The highest BCUT2D eigenvalue weighted by molar-refractivity contribution is 6.22. The first-order valence-corrected chi connectivity index (χ1v) is 10.0. The molecule has 2 bridgehead atoms. The molecule has 140 valence electrons. The number of anilines is 1. The van der Waals surface area contributed by atoms with Crippen LogP contribution in [0.15, 0.2) is 60.7 Å². The quantitative estimate of drug-likeness (QED) is 0.595. The van der Waals surface area contributed by atoms with Gasteiger partial charge in [0.15, 0.2) is 0 Å². The summed E-state index contributed by atoms with van der Waals surface area (Å²) in [6.07, 6.45) is 5.59. The van der Waals surface area contributed by atoms with Gasteiger partial charge in [0.1, 0.15) is 11.5 Å². The third kappa shape index (κ3) is 2.12. The van der Waals surface area contributed by atoms with E-state index in [1.165, 1.54) is 11.3 Å². The van der Waals surface area contributed by atoms with Crippen molar-refractivity contribution in [2.75, 3.05) is 4.90 Å². The lowest BCUT2D eigenvalue weighted by Crippen LogP contribution is -2.40. The van der Waals surface area contributed by atoms with Crippen molar-refractivity contribution >= 4 is 17.5 Å². The molecule has 6 atom stereocenters. The maximum absolute atomic E-state index is 13.2. The number of carbonyl (C=O) groups excluding carboxylic acids is 2. The Morgan fingerprint density at radius 2 is 1.46 bits per heavy atom. The van der Waals surface area contributed by atoms with Gasteiger partial charge in [-0.25, -0.2) is 0 Å². The molecule has 0 N–H and O–H groups in total. The summed E-state index contributed by atoms with van der Waals surface area (Å²) in [5.74, 6) is 2.89. The van der Waals surface area contributed by atoms with Crippen LogP contribution in [-0.4, -0.2) is 11.8 Å². The predicted molar refractivity (Wildman–Crippen MR) is 105 cm³/mol. The molecule has 0 radical (unpaired) electrons. The molecular formula is C24H21NO3. The van der Waals surface area contributed by atoms with E-state index in [0.717, 1.165) is 11.3 Å². The van der Waals surface area contributed by atoms with Crippen molar-refractivity contribution in [1.82, 2.24) is 0 Å². The van der Waals surface area contributed by atoms with E-state index >= 15 is 0 Å². The highest BCUT2D eigenvalue weighted by Crippen LogP contribution is 2.65. The highest BCUT2D eigenvalue weighted by atomic mass is 16.5. The summed E-state index contributed by atoms with van der Waals surface area (Å²) in [5.41, 5.74) is 1.71. The van der Waals surface area contributed by atoms with Crippen LogP contribution in [0.2, 0.25) is 0 Å². The minimum absolute atomic E-state index is 0.0210. The van der Waals surface area contributed by atoms with E-state index in [0.29, 0.717) is 23.3 Å². The second kappa shape index (κ2) is 5.57. The number of imide groups is 1. The van der Waals surface area contributed by atoms with Gasteiger partial charge in [0.05, 0.1) is 17.5 Å². The molecule has 1 heterocycles. The topological polar surface area (TPSA) is 46.6 Å². The molecule has 1 saturated heterocycles. The van der Waals surface area contributed by atoms with Gasteiger partial charge in [0.2, 0.25) is 11.8 Å². The van der Waals surface area contributed by atoms with E-state index in [9.17, 15) is 9.59 Å². The number of aryl methyl sites for hydroxylation is 1. The largest absolute Gasteiger partial charge is 0.457 e. The Kier molecular flexibility index (Phi) is 3.20. The number of nitrogens with zero attached hydrogens (tertiary/aromatic N) is 1. The van der Waals surface area contributed by atoms with Crippen molar-refractivity contribution < 1.29 is 14.3 Å². The fraction of sp³-hybridized carbons (Fsp3) is 0.333. The molecule has 2 aromatic rings. The maximum atomic E-state index is 13.2. The summed E-state index contributed by atoms with van der Waals surface area (Å²) in [6.45, 7) is 2.00. The van der Waals surface area contributed by atoms with Gasteiger partial charge >= 0.3 is 0 Å². The molecule has 4 aliphatic carbocycles. The molecule has 0 aromatic heterocycles. The third-order valence-electron chi connectivity index (χ3n) is 7.08. The maximum Gasteiger partial charge on any atom is 0.238 e. The molecule has 7 rings (SSSR count). The first kappa shape index (κ1) is 16.1. The zero-order valence-electron chi connectivity index (χ0n) is 15.6. The number of ether oxygens (including phenoxy) is 1. The molecule has 4 nitrogen and oxygen atoms in total. The van der Waals surface area contributed by atoms with Gasteiger partial charge in [-0.2, -0.15) is 0 Å². The average molecular weight is 371 g/mol. The molecule has 4 heteroatoms. The van der Waals surface area contributed by atoms with Crippen LogP contribution < -0.4 is 9.64 Å². The van der Waals surface area contributed by atoms with Crippen molar-refractivity contribution in [2.24, 2.45) is 35.5 Å². The number of rotatable bonds is 3. The summed E-state index contributed by atoms with van der Waals surface area (Å²) in [5, 5.41) is 0. The van der Waals surface area contributed by atoms with E-state index in [1.807, 2.05) is 55.5 Å². The molecule has 2 amide bonds. The Morgan fingerprint density at radius 3 is 2.07 bits per heavy atom. The van der Waals surface area contributed by atoms with Crippen LogP contribution in [0.3, 0.4) is 0 Å². The zero-order chi connectivity index (χ0) is 19.0. The van der Waals surface area contributed by atoms with Gasteiger partial charge in [-0.15, -0.1) is 0 Å². The molecular weight excluding hydrogens is 350 g/mol. The number of para-hydroxylation sites is 1. The van der Waals surface area contributed by atoms with E-state index in [4.69, 9.17) is 4.74 Å². The number of benzene rings is 2. The fourth-order valence-electron chi connectivity index (χ4n) is 5.67. The van der Waals surface area contributed by atoms with Crippen LogP contribution in [-0.2, 0) is 9.59 Å². The van der Waals surface area contributed by atoms with Crippen LogP contribution in [0, 0.1) is 42.4 Å². The zero-order valence-corrected chi connectivity index (χ0v) is 15.6. The monoisotopic (exact) mass is 371 g/mol. The predicted octanol–water partition coefficient (Wildman–Crippen LogP) is 4.34. The first-order chi connectivity index (χ1) is 13.6. The molecule has 1 aliphatic heterocycles. The lowest BCUT2D eigenvalue weighted by atomic mass is 9.63. The van der Waals surface area contributed by atoms with Gasteiger partial charge in [0, 0.05) is 0 Å². The molecule has 0 spiro atoms. The second-order valence-electron chi connectivity index (χ2n) is 8.53. The van der Waals surface area contributed by atoms with Gasteiger partial charge in [0.25, 0.3) is 0 Å². The van der Waals surface area contributed by atoms with Crippen molar-refractivity contribution in [2.45, 2.75) is 13.3 Å². The lowest BCUT2D eigenvalue weighted by molar-refractivity contribution is -0.124. The van der Waals surface area contributed by atoms with Gasteiger partial charge in [-0.1, -0.05) is 30.4 Å². The van der Waals surface area contributed by atoms with Gasteiger partial charge < -0.3 is 4.74 Å². The minimum atomic E-state index is -0.158. The Bertz CT molecular complexity index is 988. The SMILES string of the molecule is Cc1ccccc1Oc1ccc(N2C(=O)[C@H]3[C@@H]4C=C[C@H]([C@H]5C[C@H]45)[C@@H]3C2=O)cc1. The van der Waals surface area contributed by atoms with E-state index < -0.39 is 0 Å². The fourth-order valence-corrected chi connectivity index (χ4v) is 5.67. The Hall–Kier alpha value is -2.88. The Morgan fingerprint density at radius 1 is 0.857 bits per heavy atom. The Balaban J connectivity index is 1.27. The number of amides is 2. The summed E-state index contributed by atoms with van der Waals surface area (Å²) in [7, 11) is 0. The summed E-state index contributed by atoms with van der Waals surface area (Å²) < 4.78 is 5.94. The lowest BCUT2D eigenvalue weighted by Gasteiger charge is -2.37. The van der Waals surface area contributed by atoms with Crippen LogP contribution >= 0.6 is 0 Å². The van der Waals surface area contributed by atoms with Crippen molar-refractivity contribution in [3.8, 4) is 11.5 Å². The Labute approximate surface area is 163 Å². The number of hydrogen-bond acceptors (Lipinski definition) is 3. The molecule has 2 aromatic carbocycles. The minimum Gasteiger partial charge on any atom is -0.457 e. The van der Waals surface area contributed by atoms with E-state index in [2.05, 4.69) is 12.2 Å². The van der Waals surface area contributed by atoms with Crippen LogP contribution in [0.25, 0.3) is 0 Å². The van der Waals surface area contributed by atoms with Crippen molar-refractivity contribution in [1.29, 1.82) is 0 Å². The smallest absolute Gasteiger partial charge is 0.238 e. The van der Waals surface area contributed by atoms with Crippen LogP contribution in [0.5, 0.6) is 11.5 Å². The normalized spacial score (nSPS) is 34.4. The molecule has 0 unspecified atom stereocenters. The summed E-state index contributed by atoms with van der Waals surface area (Å²) in [4.78, 5) is 27.8. The summed E-state index contributed by atoms with van der Waals surface area (Å²) >= 11 is 0. The highest BCUT2D eigenvalue weighted by Gasteiger charge is 2.67. The van der Waals surface area contributed by atoms with Crippen molar-refractivity contribution in [3.63, 3.8) is 0 Å². The van der Waals surface area contributed by atoms with E-state index in [-0.39, 0.29) is 35.5 Å². The molecule has 2 saturated carbocycles. The standard InChI is InChI=1S/C24H21NO3/c1-13-4-2-3-5-20(13)28-15-8-6-14(7-9-15)25-23(26)21-16-10-11-17(19-12-18(16)19)22(21)24(25)27/h2-11,16-19,21-22H,12H2,1H3/t16-,17-,18-,19-,21+,22+/m1/s1. The van der Waals surface area contributed by atoms with Gasteiger partial charge in [-0.05, 0) is 72.9 Å². The van der Waals surface area contributed by atoms with Crippen LogP contribution in [0.1, 0.15) is 12.0 Å². The summed E-state index contributed by atoms with van der Waals surface area (Å²) in [6, 6.07) is 15.1. The first-order valence-electron chi connectivity index (χ1n) is 10.0. The van der Waals surface area contributed by atoms with Crippen LogP contribution in [0.4, 0.5) is 5.69 Å². The van der Waals surface area contributed by atoms with E-state index in [1.54, 1.807) is 0 Å². The number of hydrogen-bond donors (Lipinski definition) is 0. The second-order valence-corrected chi connectivity index (χ2v) is 8.53. The molecule has 28 heavy (non-hydrogen) atoms. The van der Waals surface area contributed by atoms with Crippen molar-refractivity contribution in [3.05, 3.63) is 66.2 Å². The third-order valence-corrected chi connectivity index (χ3v) is 7.08. The number of allylic oxidation sites excluding steroid dienone is 2. The molecule has 5 aliphatic rings. The molecule has 3 fully saturated rings. The van der Waals surface area contributed by atoms with Gasteiger partial charge in [-0.3, -0.25) is 14.5 Å².